The molecule has 1 atom stereocenters. The van der Waals surface area contributed by atoms with Crippen molar-refractivity contribution >= 4 is 27.8 Å². The summed E-state index contributed by atoms with van der Waals surface area (Å²) in [6, 6.07) is 0.677. The van der Waals surface area contributed by atoms with E-state index in [4.69, 9.17) is 9.84 Å². The molecule has 1 aromatic heterocycles. The van der Waals surface area contributed by atoms with Crippen molar-refractivity contribution in [2.45, 2.75) is 12.5 Å². The van der Waals surface area contributed by atoms with Gasteiger partial charge in [-0.3, -0.25) is 4.79 Å². The summed E-state index contributed by atoms with van der Waals surface area (Å²) in [4.78, 5) is 22.9. The third kappa shape index (κ3) is 3.85. The second-order valence-electron chi connectivity index (χ2n) is 3.80. The average Bonchev–Trinajstić information content (AvgIpc) is 2.63. The fourth-order valence-electron chi connectivity index (χ4n) is 1.48. The van der Waals surface area contributed by atoms with Gasteiger partial charge in [0.15, 0.2) is 0 Å². The number of rotatable bonds is 6. The van der Waals surface area contributed by atoms with Crippen LogP contribution in [0.2, 0.25) is 0 Å². The van der Waals surface area contributed by atoms with Gasteiger partial charge in [-0.2, -0.15) is 0 Å². The number of carbonyl (C=O) groups is 2. The van der Waals surface area contributed by atoms with Crippen LogP contribution in [0.3, 0.4) is 0 Å². The van der Waals surface area contributed by atoms with Crippen LogP contribution in [0.1, 0.15) is 16.9 Å². The summed E-state index contributed by atoms with van der Waals surface area (Å²) < 4.78 is 7.19. The molecule has 0 aromatic carbocycles. The first-order valence-corrected chi connectivity index (χ1v) is 6.09. The zero-order valence-electron chi connectivity index (χ0n) is 10.1. The van der Waals surface area contributed by atoms with Gasteiger partial charge in [0.05, 0.1) is 0 Å². The number of carboxylic acids is 1. The first-order valence-electron chi connectivity index (χ1n) is 5.30. The number of nitrogens with zero attached hydrogens (tertiary/aromatic N) is 1. The highest BCUT2D eigenvalue weighted by atomic mass is 79.9. The standard InChI is InChI=1S/C11H15BrN2O4/c1-14-6-7(12)5-9(14)10(15)13-8(11(16)17)3-4-18-2/h5-6,8H,3-4H2,1-2H3,(H,13,15)(H,16,17). The minimum atomic E-state index is -1.08. The van der Waals surface area contributed by atoms with Crippen LogP contribution < -0.4 is 5.32 Å². The minimum Gasteiger partial charge on any atom is -0.480 e. The van der Waals surface area contributed by atoms with Gasteiger partial charge in [0.2, 0.25) is 0 Å². The van der Waals surface area contributed by atoms with Crippen molar-refractivity contribution in [2.24, 2.45) is 7.05 Å². The number of nitrogens with one attached hydrogen (secondary N) is 1. The molecule has 1 aromatic rings. The fourth-order valence-corrected chi connectivity index (χ4v) is 2.00. The van der Waals surface area contributed by atoms with E-state index in [2.05, 4.69) is 21.2 Å². The summed E-state index contributed by atoms with van der Waals surface area (Å²) in [7, 11) is 3.19. The van der Waals surface area contributed by atoms with Crippen LogP contribution >= 0.6 is 15.9 Å². The van der Waals surface area contributed by atoms with Crippen molar-refractivity contribution in [2.75, 3.05) is 13.7 Å². The Labute approximate surface area is 113 Å². The lowest BCUT2D eigenvalue weighted by Gasteiger charge is -2.14. The monoisotopic (exact) mass is 318 g/mol. The largest absolute Gasteiger partial charge is 0.480 e. The molecule has 0 radical (unpaired) electrons. The van der Waals surface area contributed by atoms with E-state index in [1.54, 1.807) is 23.9 Å². The van der Waals surface area contributed by atoms with Gasteiger partial charge >= 0.3 is 5.97 Å². The maximum atomic E-state index is 11.9. The van der Waals surface area contributed by atoms with Crippen LogP contribution in [-0.2, 0) is 16.6 Å². The van der Waals surface area contributed by atoms with Crippen molar-refractivity contribution in [1.82, 2.24) is 9.88 Å². The molecule has 1 heterocycles. The van der Waals surface area contributed by atoms with E-state index < -0.39 is 17.9 Å². The maximum Gasteiger partial charge on any atom is 0.326 e. The SMILES string of the molecule is COCCC(NC(=O)c1cc(Br)cn1C)C(=O)O. The number of carbonyl (C=O) groups excluding carboxylic acids is 1. The summed E-state index contributed by atoms with van der Waals surface area (Å²) >= 11 is 3.25. The predicted octanol–water partition coefficient (Wildman–Crippen LogP) is 1.01. The normalized spacial score (nSPS) is 12.2. The average molecular weight is 319 g/mol. The van der Waals surface area contributed by atoms with Crippen LogP contribution in [0.15, 0.2) is 16.7 Å². The van der Waals surface area contributed by atoms with Gasteiger partial charge in [-0.25, -0.2) is 4.79 Å². The van der Waals surface area contributed by atoms with E-state index in [1.807, 2.05) is 0 Å². The zero-order chi connectivity index (χ0) is 13.7. The first-order chi connectivity index (χ1) is 8.45. The molecule has 0 bridgehead atoms. The summed E-state index contributed by atoms with van der Waals surface area (Å²) in [5.74, 6) is -1.50. The number of halogens is 1. The number of hydrogen-bond donors (Lipinski definition) is 2. The minimum absolute atomic E-state index is 0.225. The molecule has 1 amide bonds. The van der Waals surface area contributed by atoms with E-state index in [1.165, 1.54) is 7.11 Å². The van der Waals surface area contributed by atoms with E-state index in [-0.39, 0.29) is 13.0 Å². The Morgan fingerprint density at radius 2 is 2.28 bits per heavy atom. The van der Waals surface area contributed by atoms with Gasteiger partial charge in [-0.15, -0.1) is 0 Å². The first kappa shape index (κ1) is 14.7. The molecular weight excluding hydrogens is 304 g/mol. The molecule has 7 heteroatoms. The molecule has 0 saturated heterocycles. The van der Waals surface area contributed by atoms with Crippen LogP contribution in [-0.4, -0.2) is 41.3 Å². The Kier molecular flexibility index (Phi) is 5.36. The highest BCUT2D eigenvalue weighted by Crippen LogP contribution is 2.13. The molecule has 100 valence electrons. The molecule has 0 saturated carbocycles. The molecule has 0 aliphatic carbocycles. The summed E-state index contributed by atoms with van der Waals surface area (Å²) in [5, 5.41) is 11.4. The molecule has 1 rings (SSSR count). The maximum absolute atomic E-state index is 11.9. The lowest BCUT2D eigenvalue weighted by atomic mass is 10.2. The van der Waals surface area contributed by atoms with Gasteiger partial charge in [0, 0.05) is 37.9 Å². The van der Waals surface area contributed by atoms with Crippen LogP contribution in [0.5, 0.6) is 0 Å². The molecule has 0 spiro atoms. The van der Waals surface area contributed by atoms with Gasteiger partial charge in [0.1, 0.15) is 11.7 Å². The van der Waals surface area contributed by atoms with Gasteiger partial charge in [-0.1, -0.05) is 0 Å². The van der Waals surface area contributed by atoms with Crippen molar-refractivity contribution < 1.29 is 19.4 Å². The number of aromatic nitrogens is 1. The van der Waals surface area contributed by atoms with Crippen molar-refractivity contribution in [3.63, 3.8) is 0 Å². The molecular formula is C11H15BrN2O4. The summed E-state index contributed by atoms with van der Waals surface area (Å²) in [6.45, 7) is 0.272. The van der Waals surface area contributed by atoms with E-state index in [9.17, 15) is 9.59 Å². The van der Waals surface area contributed by atoms with Crippen molar-refractivity contribution in [3.05, 3.63) is 22.4 Å². The van der Waals surface area contributed by atoms with Gasteiger partial charge < -0.3 is 19.7 Å². The predicted molar refractivity (Wildman–Crippen MR) is 68.5 cm³/mol. The third-order valence-electron chi connectivity index (χ3n) is 2.42. The van der Waals surface area contributed by atoms with E-state index in [0.717, 1.165) is 4.47 Å². The highest BCUT2D eigenvalue weighted by molar-refractivity contribution is 9.10. The zero-order valence-corrected chi connectivity index (χ0v) is 11.7. The number of amides is 1. The molecule has 2 N–H and O–H groups in total. The van der Waals surface area contributed by atoms with Crippen LogP contribution in [0.25, 0.3) is 0 Å². The number of hydrogen-bond acceptors (Lipinski definition) is 3. The fraction of sp³-hybridized carbons (Fsp3) is 0.455. The van der Waals surface area contributed by atoms with Gasteiger partial charge in [0.25, 0.3) is 5.91 Å². The number of carboxylic acid groups (broad SMARTS) is 1. The lowest BCUT2D eigenvalue weighted by Crippen LogP contribution is -2.42. The quantitative estimate of drug-likeness (QED) is 0.820. The third-order valence-corrected chi connectivity index (χ3v) is 2.85. The second kappa shape index (κ2) is 6.55. The van der Waals surface area contributed by atoms with Crippen LogP contribution in [0, 0.1) is 0 Å². The summed E-state index contributed by atoms with van der Waals surface area (Å²) in [5.41, 5.74) is 0.394. The van der Waals surface area contributed by atoms with Crippen molar-refractivity contribution in [1.29, 1.82) is 0 Å². The van der Waals surface area contributed by atoms with Gasteiger partial charge in [-0.05, 0) is 22.0 Å². The van der Waals surface area contributed by atoms with Crippen LogP contribution in [0.4, 0.5) is 0 Å². The highest BCUT2D eigenvalue weighted by Gasteiger charge is 2.21. The molecule has 6 nitrogen and oxygen atoms in total. The molecule has 0 fully saturated rings. The Bertz CT molecular complexity index is 444. The smallest absolute Gasteiger partial charge is 0.326 e. The Morgan fingerprint density at radius 1 is 1.61 bits per heavy atom. The molecule has 18 heavy (non-hydrogen) atoms. The number of aryl methyl sites for hydroxylation is 1. The van der Waals surface area contributed by atoms with Crippen molar-refractivity contribution in [3.8, 4) is 0 Å². The second-order valence-corrected chi connectivity index (χ2v) is 4.72. The van der Waals surface area contributed by atoms with E-state index in [0.29, 0.717) is 5.69 Å². The molecule has 1 unspecified atom stereocenters. The summed E-state index contributed by atoms with van der Waals surface area (Å²) in [6.07, 6.45) is 1.95. The van der Waals surface area contributed by atoms with E-state index >= 15 is 0 Å². The lowest BCUT2D eigenvalue weighted by molar-refractivity contribution is -0.139. The Hall–Kier alpha value is -1.34. The Balaban J connectivity index is 2.72. The number of methoxy groups -OCH3 is 1. The Morgan fingerprint density at radius 3 is 2.72 bits per heavy atom. The topological polar surface area (TPSA) is 80.6 Å². The number of ether oxygens (including phenoxy) is 1. The molecule has 0 aliphatic heterocycles. The number of aliphatic carboxylic acids is 1. The molecule has 0 aliphatic rings.